The molecule has 0 aromatic carbocycles. The molecular weight excluding hydrogens is 255 g/mol. The summed E-state index contributed by atoms with van der Waals surface area (Å²) in [7, 11) is 0. The van der Waals surface area contributed by atoms with Gasteiger partial charge in [-0.25, -0.2) is 0 Å². The summed E-state index contributed by atoms with van der Waals surface area (Å²) in [5.41, 5.74) is 0. The van der Waals surface area contributed by atoms with Crippen LogP contribution in [0.4, 0.5) is 13.2 Å². The van der Waals surface area contributed by atoms with Crippen molar-refractivity contribution in [2.75, 3.05) is 19.8 Å². The molecule has 1 N–H and O–H groups in total. The Labute approximate surface area is 114 Å². The summed E-state index contributed by atoms with van der Waals surface area (Å²) < 4.78 is 40.2. The Hall–Kier alpha value is -0.290. The van der Waals surface area contributed by atoms with E-state index in [2.05, 4.69) is 23.9 Å². The van der Waals surface area contributed by atoms with Crippen LogP contribution in [0.15, 0.2) is 0 Å². The second-order valence-corrected chi connectivity index (χ2v) is 5.98. The number of alkyl halides is 3. The van der Waals surface area contributed by atoms with Crippen molar-refractivity contribution >= 4 is 0 Å². The molecule has 0 amide bonds. The van der Waals surface area contributed by atoms with Crippen LogP contribution in [0.25, 0.3) is 0 Å². The summed E-state index contributed by atoms with van der Waals surface area (Å²) in [6.45, 7) is 3.97. The molecule has 5 heteroatoms. The number of hydrogen-bond donors (Lipinski definition) is 1. The molecule has 0 radical (unpaired) electrons. The molecule has 2 nitrogen and oxygen atoms in total. The standard InChI is InChI=1S/C14H26F3NO/c1-11(2)8-12-4-3-5-13(9-12)18-6-7-19-10-14(15,16)17/h11-13,18H,3-10H2,1-2H3. The van der Waals surface area contributed by atoms with Crippen LogP contribution in [0, 0.1) is 11.8 Å². The first kappa shape index (κ1) is 16.8. The molecular formula is C14H26F3NO. The van der Waals surface area contributed by atoms with E-state index in [1.807, 2.05) is 0 Å². The number of nitrogens with one attached hydrogen (secondary N) is 1. The molecule has 0 aromatic rings. The molecule has 0 saturated heterocycles. The van der Waals surface area contributed by atoms with Gasteiger partial charge in [-0.05, 0) is 31.1 Å². The second kappa shape index (κ2) is 8.10. The van der Waals surface area contributed by atoms with Crippen molar-refractivity contribution in [2.45, 2.75) is 58.2 Å². The Balaban J connectivity index is 2.09. The van der Waals surface area contributed by atoms with Crippen molar-refractivity contribution in [3.63, 3.8) is 0 Å². The van der Waals surface area contributed by atoms with E-state index in [-0.39, 0.29) is 6.61 Å². The van der Waals surface area contributed by atoms with Gasteiger partial charge in [0.1, 0.15) is 6.61 Å². The smallest absolute Gasteiger partial charge is 0.371 e. The van der Waals surface area contributed by atoms with Crippen molar-refractivity contribution in [1.29, 1.82) is 0 Å². The van der Waals surface area contributed by atoms with Gasteiger partial charge in [-0.2, -0.15) is 13.2 Å². The number of hydrogen-bond acceptors (Lipinski definition) is 2. The van der Waals surface area contributed by atoms with E-state index >= 15 is 0 Å². The van der Waals surface area contributed by atoms with Crippen LogP contribution < -0.4 is 5.32 Å². The summed E-state index contributed by atoms with van der Waals surface area (Å²) >= 11 is 0. The highest BCUT2D eigenvalue weighted by molar-refractivity contribution is 4.78. The lowest BCUT2D eigenvalue weighted by molar-refractivity contribution is -0.173. The first-order chi connectivity index (χ1) is 8.87. The number of halogens is 3. The van der Waals surface area contributed by atoms with E-state index < -0.39 is 12.8 Å². The lowest BCUT2D eigenvalue weighted by Crippen LogP contribution is -2.36. The highest BCUT2D eigenvalue weighted by atomic mass is 19.4. The molecule has 1 aliphatic rings. The topological polar surface area (TPSA) is 21.3 Å². The molecule has 114 valence electrons. The summed E-state index contributed by atoms with van der Waals surface area (Å²) in [5, 5.41) is 3.32. The van der Waals surface area contributed by atoms with Gasteiger partial charge < -0.3 is 10.1 Å². The van der Waals surface area contributed by atoms with Gasteiger partial charge in [-0.3, -0.25) is 0 Å². The maximum absolute atomic E-state index is 11.9. The second-order valence-electron chi connectivity index (χ2n) is 5.98. The van der Waals surface area contributed by atoms with E-state index in [4.69, 9.17) is 0 Å². The van der Waals surface area contributed by atoms with Gasteiger partial charge in [-0.15, -0.1) is 0 Å². The summed E-state index contributed by atoms with van der Waals surface area (Å²) in [6, 6.07) is 0.451. The normalized spacial score (nSPS) is 24.9. The monoisotopic (exact) mass is 281 g/mol. The predicted molar refractivity (Wildman–Crippen MR) is 70.1 cm³/mol. The molecule has 1 rings (SSSR count). The van der Waals surface area contributed by atoms with Gasteiger partial charge in [0.05, 0.1) is 6.61 Å². The Morgan fingerprint density at radius 2 is 2.00 bits per heavy atom. The van der Waals surface area contributed by atoms with E-state index in [0.29, 0.717) is 12.6 Å². The minimum Gasteiger partial charge on any atom is -0.371 e. The average molecular weight is 281 g/mol. The maximum Gasteiger partial charge on any atom is 0.411 e. The molecule has 1 saturated carbocycles. The van der Waals surface area contributed by atoms with Crippen LogP contribution in [-0.4, -0.2) is 32.0 Å². The molecule has 1 fully saturated rings. The van der Waals surface area contributed by atoms with Crippen molar-refractivity contribution in [3.8, 4) is 0 Å². The molecule has 0 aromatic heterocycles. The molecule has 1 aliphatic carbocycles. The quantitative estimate of drug-likeness (QED) is 0.717. The predicted octanol–water partition coefficient (Wildman–Crippen LogP) is 3.76. The van der Waals surface area contributed by atoms with Crippen LogP contribution >= 0.6 is 0 Å². The first-order valence-corrected chi connectivity index (χ1v) is 7.24. The fourth-order valence-electron chi connectivity index (χ4n) is 2.88. The van der Waals surface area contributed by atoms with Crippen molar-refractivity contribution in [1.82, 2.24) is 5.32 Å². The lowest BCUT2D eigenvalue weighted by Gasteiger charge is -2.30. The number of ether oxygens (including phenoxy) is 1. The maximum atomic E-state index is 11.9. The molecule has 0 heterocycles. The number of rotatable bonds is 7. The highest BCUT2D eigenvalue weighted by Gasteiger charge is 2.27. The fourth-order valence-corrected chi connectivity index (χ4v) is 2.88. The Morgan fingerprint density at radius 1 is 1.26 bits per heavy atom. The lowest BCUT2D eigenvalue weighted by atomic mass is 9.81. The third kappa shape index (κ3) is 8.47. The van der Waals surface area contributed by atoms with Crippen LogP contribution in [0.1, 0.15) is 46.0 Å². The molecule has 0 bridgehead atoms. The molecule has 2 unspecified atom stereocenters. The van der Waals surface area contributed by atoms with Gasteiger partial charge in [0.25, 0.3) is 0 Å². The largest absolute Gasteiger partial charge is 0.411 e. The van der Waals surface area contributed by atoms with E-state index in [0.717, 1.165) is 24.7 Å². The van der Waals surface area contributed by atoms with E-state index in [9.17, 15) is 13.2 Å². The van der Waals surface area contributed by atoms with Crippen molar-refractivity contribution in [2.24, 2.45) is 11.8 Å². The zero-order valence-corrected chi connectivity index (χ0v) is 11.9. The minimum absolute atomic E-state index is 0.130. The third-order valence-electron chi connectivity index (χ3n) is 3.53. The van der Waals surface area contributed by atoms with Gasteiger partial charge in [-0.1, -0.05) is 26.7 Å². The van der Waals surface area contributed by atoms with Crippen LogP contribution in [0.3, 0.4) is 0 Å². The Bertz CT molecular complexity index is 243. The van der Waals surface area contributed by atoms with E-state index in [1.165, 1.54) is 19.3 Å². The van der Waals surface area contributed by atoms with Gasteiger partial charge >= 0.3 is 6.18 Å². The SMILES string of the molecule is CC(C)CC1CCCC(NCCOCC(F)(F)F)C1. The van der Waals surface area contributed by atoms with E-state index in [1.54, 1.807) is 0 Å². The summed E-state index contributed by atoms with van der Waals surface area (Å²) in [6.07, 6.45) is 1.83. The van der Waals surface area contributed by atoms with Gasteiger partial charge in [0.15, 0.2) is 0 Å². The average Bonchev–Trinajstić information content (AvgIpc) is 2.26. The third-order valence-corrected chi connectivity index (χ3v) is 3.53. The van der Waals surface area contributed by atoms with Crippen LogP contribution in [0.2, 0.25) is 0 Å². The Kier molecular flexibility index (Phi) is 7.15. The zero-order valence-electron chi connectivity index (χ0n) is 11.9. The first-order valence-electron chi connectivity index (χ1n) is 7.24. The summed E-state index contributed by atoms with van der Waals surface area (Å²) in [4.78, 5) is 0. The molecule has 2 atom stereocenters. The highest BCUT2D eigenvalue weighted by Crippen LogP contribution is 2.29. The van der Waals surface area contributed by atoms with Gasteiger partial charge in [0.2, 0.25) is 0 Å². The van der Waals surface area contributed by atoms with Crippen LogP contribution in [-0.2, 0) is 4.74 Å². The zero-order chi connectivity index (χ0) is 14.3. The summed E-state index contributed by atoms with van der Waals surface area (Å²) in [5.74, 6) is 1.49. The van der Waals surface area contributed by atoms with Gasteiger partial charge in [0, 0.05) is 12.6 Å². The fraction of sp³-hybridized carbons (Fsp3) is 1.00. The molecule has 0 spiro atoms. The van der Waals surface area contributed by atoms with Crippen molar-refractivity contribution < 1.29 is 17.9 Å². The molecule has 19 heavy (non-hydrogen) atoms. The van der Waals surface area contributed by atoms with Crippen molar-refractivity contribution in [3.05, 3.63) is 0 Å². The van der Waals surface area contributed by atoms with Crippen LogP contribution in [0.5, 0.6) is 0 Å². The Morgan fingerprint density at radius 3 is 2.63 bits per heavy atom. The molecule has 0 aliphatic heterocycles. The minimum atomic E-state index is -4.22.